The summed E-state index contributed by atoms with van der Waals surface area (Å²) in [7, 11) is 1.62. The lowest BCUT2D eigenvalue weighted by Gasteiger charge is -2.17. The average molecular weight is 236 g/mol. The fourth-order valence-electron chi connectivity index (χ4n) is 2.33. The van der Waals surface area contributed by atoms with Gasteiger partial charge in [-0.05, 0) is 25.0 Å². The van der Waals surface area contributed by atoms with E-state index in [1.807, 2.05) is 12.1 Å². The minimum absolute atomic E-state index is 0.165. The molecule has 0 radical (unpaired) electrons. The molecule has 17 heavy (non-hydrogen) atoms. The zero-order valence-corrected chi connectivity index (χ0v) is 10.1. The molecule has 0 aliphatic heterocycles. The molecule has 1 saturated carbocycles. The van der Waals surface area contributed by atoms with Crippen molar-refractivity contribution in [2.45, 2.75) is 25.4 Å². The van der Waals surface area contributed by atoms with Crippen LogP contribution in [-0.2, 0) is 0 Å². The van der Waals surface area contributed by atoms with E-state index in [2.05, 4.69) is 5.32 Å². The van der Waals surface area contributed by atoms with Crippen LogP contribution in [0.5, 0.6) is 5.75 Å². The smallest absolute Gasteiger partial charge is 0.121 e. The number of nitrogens with two attached hydrogens (primary N) is 1. The van der Waals surface area contributed by atoms with E-state index < -0.39 is 0 Å². The van der Waals surface area contributed by atoms with E-state index in [4.69, 9.17) is 10.5 Å². The minimum atomic E-state index is -0.165. The third-order valence-corrected chi connectivity index (χ3v) is 3.43. The Morgan fingerprint density at radius 2 is 2.29 bits per heavy atom. The van der Waals surface area contributed by atoms with E-state index in [1.165, 1.54) is 0 Å². The molecule has 4 nitrogen and oxygen atoms in total. The van der Waals surface area contributed by atoms with Crippen LogP contribution in [0, 0.1) is 5.92 Å². The van der Waals surface area contributed by atoms with Gasteiger partial charge in [0.25, 0.3) is 0 Å². The highest BCUT2D eigenvalue weighted by molar-refractivity contribution is 5.68. The summed E-state index contributed by atoms with van der Waals surface area (Å²) in [5.41, 5.74) is 7.50. The summed E-state index contributed by atoms with van der Waals surface area (Å²) >= 11 is 0. The highest BCUT2D eigenvalue weighted by atomic mass is 16.5. The fraction of sp³-hybridized carbons (Fsp3) is 0.538. The van der Waals surface area contributed by atoms with Crippen LogP contribution in [-0.4, -0.2) is 24.9 Å². The zero-order chi connectivity index (χ0) is 12.3. The molecule has 1 fully saturated rings. The van der Waals surface area contributed by atoms with Crippen molar-refractivity contribution < 1.29 is 9.84 Å². The summed E-state index contributed by atoms with van der Waals surface area (Å²) < 4.78 is 5.10. The lowest BCUT2D eigenvalue weighted by Crippen LogP contribution is -2.22. The van der Waals surface area contributed by atoms with Gasteiger partial charge in [0.2, 0.25) is 0 Å². The van der Waals surface area contributed by atoms with Crippen molar-refractivity contribution in [1.29, 1.82) is 0 Å². The molecule has 1 aliphatic carbocycles. The number of nitrogens with one attached hydrogen (secondary N) is 1. The summed E-state index contributed by atoms with van der Waals surface area (Å²) in [4.78, 5) is 0. The largest absolute Gasteiger partial charge is 0.497 e. The molecule has 2 rings (SSSR count). The number of aliphatic hydroxyl groups is 1. The second-order valence-electron chi connectivity index (χ2n) is 4.59. The number of rotatable bonds is 4. The van der Waals surface area contributed by atoms with E-state index in [9.17, 15) is 5.11 Å². The normalized spacial score (nSPS) is 23.6. The lowest BCUT2D eigenvalue weighted by molar-refractivity contribution is 0.138. The van der Waals surface area contributed by atoms with Crippen LogP contribution >= 0.6 is 0 Å². The molecular weight excluding hydrogens is 216 g/mol. The molecule has 1 aromatic rings. The van der Waals surface area contributed by atoms with Crippen LogP contribution < -0.4 is 15.8 Å². The van der Waals surface area contributed by atoms with Gasteiger partial charge in [-0.2, -0.15) is 0 Å². The molecule has 0 spiro atoms. The van der Waals surface area contributed by atoms with Crippen molar-refractivity contribution >= 4 is 11.4 Å². The van der Waals surface area contributed by atoms with Crippen molar-refractivity contribution in [2.24, 2.45) is 5.92 Å². The number of hydrogen-bond donors (Lipinski definition) is 3. The van der Waals surface area contributed by atoms with E-state index in [1.54, 1.807) is 13.2 Å². The quantitative estimate of drug-likeness (QED) is 0.698. The Hall–Kier alpha value is -1.42. The van der Waals surface area contributed by atoms with Crippen LogP contribution in [0.25, 0.3) is 0 Å². The van der Waals surface area contributed by atoms with Crippen molar-refractivity contribution in [2.75, 3.05) is 24.7 Å². The molecule has 4 N–H and O–H groups in total. The Bertz CT molecular complexity index is 382. The molecule has 1 aliphatic rings. The van der Waals surface area contributed by atoms with Crippen molar-refractivity contribution in [3.05, 3.63) is 18.2 Å². The van der Waals surface area contributed by atoms with Crippen LogP contribution in [0.4, 0.5) is 11.4 Å². The first-order valence-electron chi connectivity index (χ1n) is 6.06. The van der Waals surface area contributed by atoms with Gasteiger partial charge >= 0.3 is 0 Å². The first-order valence-corrected chi connectivity index (χ1v) is 6.06. The molecule has 2 atom stereocenters. The summed E-state index contributed by atoms with van der Waals surface area (Å²) in [5, 5.41) is 13.0. The molecule has 1 aromatic carbocycles. The Morgan fingerprint density at radius 1 is 1.47 bits per heavy atom. The molecular formula is C13H20N2O2. The Kier molecular flexibility index (Phi) is 3.74. The van der Waals surface area contributed by atoms with E-state index in [-0.39, 0.29) is 6.10 Å². The van der Waals surface area contributed by atoms with Crippen LogP contribution in [0.2, 0.25) is 0 Å². The summed E-state index contributed by atoms with van der Waals surface area (Å²) in [6, 6.07) is 5.59. The second kappa shape index (κ2) is 5.27. The Labute approximate surface area is 102 Å². The Balaban J connectivity index is 1.94. The van der Waals surface area contributed by atoms with Crippen LogP contribution in [0.3, 0.4) is 0 Å². The maximum absolute atomic E-state index is 9.73. The highest BCUT2D eigenvalue weighted by Crippen LogP contribution is 2.28. The molecule has 4 heteroatoms. The number of ether oxygens (including phenoxy) is 1. The highest BCUT2D eigenvalue weighted by Gasteiger charge is 2.24. The number of hydrogen-bond acceptors (Lipinski definition) is 4. The minimum Gasteiger partial charge on any atom is -0.497 e. The average Bonchev–Trinajstić information content (AvgIpc) is 2.73. The summed E-state index contributed by atoms with van der Waals surface area (Å²) in [6.07, 6.45) is 2.96. The first-order chi connectivity index (χ1) is 8.20. The molecule has 94 valence electrons. The number of nitrogen functional groups attached to an aromatic ring is 1. The van der Waals surface area contributed by atoms with E-state index >= 15 is 0 Å². The van der Waals surface area contributed by atoms with Gasteiger partial charge in [-0.25, -0.2) is 0 Å². The van der Waals surface area contributed by atoms with Gasteiger partial charge in [-0.15, -0.1) is 0 Å². The maximum atomic E-state index is 9.73. The van der Waals surface area contributed by atoms with Gasteiger partial charge in [0.1, 0.15) is 5.75 Å². The van der Waals surface area contributed by atoms with Crippen molar-refractivity contribution in [1.82, 2.24) is 0 Å². The van der Waals surface area contributed by atoms with Gasteiger partial charge < -0.3 is 20.9 Å². The maximum Gasteiger partial charge on any atom is 0.121 e. The second-order valence-corrected chi connectivity index (χ2v) is 4.59. The number of benzene rings is 1. The monoisotopic (exact) mass is 236 g/mol. The van der Waals surface area contributed by atoms with Gasteiger partial charge in [0.15, 0.2) is 0 Å². The zero-order valence-electron chi connectivity index (χ0n) is 10.1. The lowest BCUT2D eigenvalue weighted by atomic mass is 10.1. The first kappa shape index (κ1) is 12.0. The van der Waals surface area contributed by atoms with Gasteiger partial charge in [-0.1, -0.05) is 6.42 Å². The fourth-order valence-corrected chi connectivity index (χ4v) is 2.33. The standard InChI is InChI=1S/C13H20N2O2/c1-17-10-5-6-12(11(14)7-10)15-8-9-3-2-4-13(9)16/h5-7,9,13,15-16H,2-4,8,14H2,1H3. The van der Waals surface area contributed by atoms with Crippen LogP contribution in [0.1, 0.15) is 19.3 Å². The van der Waals surface area contributed by atoms with Crippen molar-refractivity contribution in [3.8, 4) is 5.75 Å². The summed E-state index contributed by atoms with van der Waals surface area (Å²) in [5.74, 6) is 1.10. The van der Waals surface area contributed by atoms with Gasteiger partial charge in [0, 0.05) is 18.5 Å². The van der Waals surface area contributed by atoms with Crippen LogP contribution in [0.15, 0.2) is 18.2 Å². The van der Waals surface area contributed by atoms with Crippen molar-refractivity contribution in [3.63, 3.8) is 0 Å². The summed E-state index contributed by atoms with van der Waals surface area (Å²) in [6.45, 7) is 0.775. The predicted molar refractivity (Wildman–Crippen MR) is 69.2 cm³/mol. The molecule has 0 bridgehead atoms. The van der Waals surface area contributed by atoms with E-state index in [0.29, 0.717) is 11.6 Å². The number of aliphatic hydroxyl groups excluding tert-OH is 1. The topological polar surface area (TPSA) is 67.5 Å². The molecule has 0 saturated heterocycles. The molecule has 2 unspecified atom stereocenters. The molecule has 0 heterocycles. The third-order valence-electron chi connectivity index (χ3n) is 3.43. The predicted octanol–water partition coefficient (Wildman–Crippen LogP) is 1.85. The number of anilines is 2. The van der Waals surface area contributed by atoms with Gasteiger partial charge in [-0.3, -0.25) is 0 Å². The SMILES string of the molecule is COc1ccc(NCC2CCCC2O)c(N)c1. The van der Waals surface area contributed by atoms with E-state index in [0.717, 1.165) is 37.2 Å². The number of methoxy groups -OCH3 is 1. The van der Waals surface area contributed by atoms with Gasteiger partial charge in [0.05, 0.1) is 24.6 Å². The molecule has 0 amide bonds. The third kappa shape index (κ3) is 2.82. The molecule has 0 aromatic heterocycles. The Morgan fingerprint density at radius 3 is 2.88 bits per heavy atom.